The van der Waals surface area contributed by atoms with Crippen LogP contribution in [-0.2, 0) is 14.3 Å². The highest BCUT2D eigenvalue weighted by Gasteiger charge is 2.46. The molecular formula is C23H23Cl2NO5. The Morgan fingerprint density at radius 2 is 1.87 bits per heavy atom. The van der Waals surface area contributed by atoms with Crippen LogP contribution in [0.2, 0.25) is 10.0 Å². The number of methoxy groups -OCH3 is 1. The standard InChI is InChI=1S/C23H23Cl2NO5/c1-4-31-18-8-6-15(11-13(18)2)21(27)19-20(14-5-7-16(24)17(25)12-14)26(9-10-30-3)23(29)22(19)28/h5-8,11-12,20,27H,4,9-10H2,1-3H3/b21-19-. The van der Waals surface area contributed by atoms with Crippen molar-refractivity contribution in [2.45, 2.75) is 19.9 Å². The van der Waals surface area contributed by atoms with E-state index in [0.717, 1.165) is 5.56 Å². The first kappa shape index (κ1) is 23.1. The highest BCUT2D eigenvalue weighted by Crippen LogP contribution is 2.41. The van der Waals surface area contributed by atoms with Gasteiger partial charge in [-0.3, -0.25) is 9.59 Å². The lowest BCUT2D eigenvalue weighted by Crippen LogP contribution is -2.32. The van der Waals surface area contributed by atoms with E-state index in [4.69, 9.17) is 32.7 Å². The topological polar surface area (TPSA) is 76.1 Å². The Bertz CT molecular complexity index is 1050. The number of amides is 1. The van der Waals surface area contributed by atoms with E-state index in [1.54, 1.807) is 36.4 Å². The summed E-state index contributed by atoms with van der Waals surface area (Å²) >= 11 is 12.2. The first-order chi connectivity index (χ1) is 14.8. The summed E-state index contributed by atoms with van der Waals surface area (Å²) < 4.78 is 10.6. The van der Waals surface area contributed by atoms with Gasteiger partial charge in [0.25, 0.3) is 11.7 Å². The van der Waals surface area contributed by atoms with Crippen LogP contribution in [0.4, 0.5) is 0 Å². The van der Waals surface area contributed by atoms with Crippen LogP contribution in [-0.4, -0.2) is 48.6 Å². The fraction of sp³-hybridized carbons (Fsp3) is 0.304. The zero-order chi connectivity index (χ0) is 22.7. The molecule has 2 aromatic carbocycles. The quantitative estimate of drug-likeness (QED) is 0.363. The summed E-state index contributed by atoms with van der Waals surface area (Å²) in [5.74, 6) is -1.06. The van der Waals surface area contributed by atoms with Crippen LogP contribution in [0.1, 0.15) is 29.7 Å². The summed E-state index contributed by atoms with van der Waals surface area (Å²) in [6.07, 6.45) is 0. The lowest BCUT2D eigenvalue weighted by molar-refractivity contribution is -0.140. The minimum Gasteiger partial charge on any atom is -0.507 e. The highest BCUT2D eigenvalue weighted by molar-refractivity contribution is 6.46. The summed E-state index contributed by atoms with van der Waals surface area (Å²) in [4.78, 5) is 27.1. The lowest BCUT2D eigenvalue weighted by Gasteiger charge is -2.25. The summed E-state index contributed by atoms with van der Waals surface area (Å²) in [6.45, 7) is 4.63. The number of ketones is 1. The maximum atomic E-state index is 12.9. The third kappa shape index (κ3) is 4.56. The van der Waals surface area contributed by atoms with Gasteiger partial charge < -0.3 is 19.5 Å². The average molecular weight is 464 g/mol. The van der Waals surface area contributed by atoms with Crippen LogP contribution >= 0.6 is 23.2 Å². The van der Waals surface area contributed by atoms with E-state index in [0.29, 0.717) is 28.5 Å². The molecule has 0 radical (unpaired) electrons. The Morgan fingerprint density at radius 1 is 1.13 bits per heavy atom. The lowest BCUT2D eigenvalue weighted by atomic mass is 9.95. The number of carbonyl (C=O) groups excluding carboxylic acids is 2. The molecule has 0 saturated carbocycles. The van der Waals surface area contributed by atoms with E-state index in [9.17, 15) is 14.7 Å². The molecule has 2 aromatic rings. The van der Waals surface area contributed by atoms with Crippen LogP contribution < -0.4 is 4.74 Å². The van der Waals surface area contributed by atoms with Gasteiger partial charge in [0.2, 0.25) is 0 Å². The van der Waals surface area contributed by atoms with Gasteiger partial charge in [0, 0.05) is 19.2 Å². The molecule has 1 aliphatic rings. The van der Waals surface area contributed by atoms with Crippen LogP contribution in [0.15, 0.2) is 42.0 Å². The number of benzene rings is 2. The zero-order valence-corrected chi connectivity index (χ0v) is 19.0. The molecule has 1 unspecified atom stereocenters. The second-order valence-electron chi connectivity index (χ2n) is 7.07. The van der Waals surface area contributed by atoms with E-state index in [1.165, 1.54) is 12.0 Å². The molecule has 31 heavy (non-hydrogen) atoms. The molecule has 164 valence electrons. The van der Waals surface area contributed by atoms with E-state index in [1.807, 2.05) is 13.8 Å². The molecule has 0 spiro atoms. The Hall–Kier alpha value is -2.54. The number of hydrogen-bond donors (Lipinski definition) is 1. The van der Waals surface area contributed by atoms with Crippen molar-refractivity contribution in [2.24, 2.45) is 0 Å². The van der Waals surface area contributed by atoms with E-state index >= 15 is 0 Å². The largest absolute Gasteiger partial charge is 0.507 e. The normalized spacial score (nSPS) is 18.0. The van der Waals surface area contributed by atoms with Gasteiger partial charge in [0.05, 0.1) is 34.9 Å². The molecule has 1 aliphatic heterocycles. The highest BCUT2D eigenvalue weighted by atomic mass is 35.5. The van der Waals surface area contributed by atoms with Crippen molar-refractivity contribution in [3.05, 3.63) is 68.7 Å². The van der Waals surface area contributed by atoms with Crippen molar-refractivity contribution >= 4 is 40.7 Å². The Balaban J connectivity index is 2.16. The predicted octanol–water partition coefficient (Wildman–Crippen LogP) is 4.77. The van der Waals surface area contributed by atoms with Crippen molar-refractivity contribution in [1.29, 1.82) is 0 Å². The number of rotatable bonds is 7. The number of hydrogen-bond acceptors (Lipinski definition) is 5. The minimum atomic E-state index is -0.822. The van der Waals surface area contributed by atoms with E-state index < -0.39 is 17.7 Å². The smallest absolute Gasteiger partial charge is 0.295 e. The van der Waals surface area contributed by atoms with Gasteiger partial charge in [0.1, 0.15) is 11.5 Å². The zero-order valence-electron chi connectivity index (χ0n) is 17.4. The SMILES string of the molecule is CCOc1ccc(/C(O)=C2/C(=O)C(=O)N(CCOC)C2c2ccc(Cl)c(Cl)c2)cc1C. The molecule has 1 amide bonds. The molecule has 1 fully saturated rings. The minimum absolute atomic E-state index is 0.0111. The van der Waals surface area contributed by atoms with Gasteiger partial charge >= 0.3 is 0 Å². The van der Waals surface area contributed by atoms with Gasteiger partial charge in [0.15, 0.2) is 0 Å². The number of aliphatic hydroxyl groups is 1. The van der Waals surface area contributed by atoms with Crippen molar-refractivity contribution < 1.29 is 24.2 Å². The van der Waals surface area contributed by atoms with Crippen LogP contribution in [0.3, 0.4) is 0 Å². The molecule has 6 nitrogen and oxygen atoms in total. The van der Waals surface area contributed by atoms with Gasteiger partial charge in [-0.05, 0) is 55.3 Å². The maximum Gasteiger partial charge on any atom is 0.295 e. The van der Waals surface area contributed by atoms with Crippen molar-refractivity contribution in [2.75, 3.05) is 26.9 Å². The number of aliphatic hydroxyl groups excluding tert-OH is 1. The maximum absolute atomic E-state index is 12.9. The molecule has 3 rings (SSSR count). The fourth-order valence-electron chi connectivity index (χ4n) is 3.60. The first-order valence-electron chi connectivity index (χ1n) is 9.76. The summed E-state index contributed by atoms with van der Waals surface area (Å²) in [5.41, 5.74) is 1.76. The number of nitrogens with zero attached hydrogens (tertiary/aromatic N) is 1. The second-order valence-corrected chi connectivity index (χ2v) is 7.89. The fourth-order valence-corrected chi connectivity index (χ4v) is 3.91. The molecule has 1 N–H and O–H groups in total. The number of halogens is 2. The van der Waals surface area contributed by atoms with Crippen molar-refractivity contribution in [3.63, 3.8) is 0 Å². The predicted molar refractivity (Wildman–Crippen MR) is 120 cm³/mol. The Kier molecular flexibility index (Phi) is 7.26. The average Bonchev–Trinajstić information content (AvgIpc) is 3.00. The molecule has 1 saturated heterocycles. The molecule has 0 aliphatic carbocycles. The second kappa shape index (κ2) is 9.73. The van der Waals surface area contributed by atoms with Gasteiger partial charge in [-0.25, -0.2) is 0 Å². The monoisotopic (exact) mass is 463 g/mol. The molecule has 8 heteroatoms. The van der Waals surface area contributed by atoms with Crippen molar-refractivity contribution in [3.8, 4) is 5.75 Å². The number of ether oxygens (including phenoxy) is 2. The summed E-state index contributed by atoms with van der Waals surface area (Å²) in [6, 6.07) is 9.14. The third-order valence-corrected chi connectivity index (χ3v) is 5.82. The van der Waals surface area contributed by atoms with Crippen LogP contribution in [0.5, 0.6) is 5.75 Å². The van der Waals surface area contributed by atoms with Crippen molar-refractivity contribution in [1.82, 2.24) is 4.90 Å². The van der Waals surface area contributed by atoms with Gasteiger partial charge in [-0.15, -0.1) is 0 Å². The molecule has 0 aromatic heterocycles. The number of likely N-dealkylation sites (tertiary alicyclic amines) is 1. The molecule has 1 atom stereocenters. The van der Waals surface area contributed by atoms with Gasteiger partial charge in [-0.1, -0.05) is 29.3 Å². The Morgan fingerprint density at radius 3 is 2.48 bits per heavy atom. The first-order valence-corrected chi connectivity index (χ1v) is 10.5. The number of aryl methyl sites for hydroxylation is 1. The van der Waals surface area contributed by atoms with Gasteiger partial charge in [-0.2, -0.15) is 0 Å². The van der Waals surface area contributed by atoms with E-state index in [2.05, 4.69) is 0 Å². The molecule has 1 heterocycles. The molecule has 0 bridgehead atoms. The Labute approximate surface area is 191 Å². The number of Topliss-reactive ketones (excluding diaryl/α,β-unsaturated/α-hetero) is 1. The number of carbonyl (C=O) groups is 2. The summed E-state index contributed by atoms with van der Waals surface area (Å²) in [7, 11) is 1.51. The molecular weight excluding hydrogens is 441 g/mol. The van der Waals surface area contributed by atoms with Crippen LogP contribution in [0, 0.1) is 6.92 Å². The van der Waals surface area contributed by atoms with E-state index in [-0.39, 0.29) is 29.5 Å². The third-order valence-electron chi connectivity index (χ3n) is 5.08. The van der Waals surface area contributed by atoms with Crippen LogP contribution in [0.25, 0.3) is 5.76 Å². The summed E-state index contributed by atoms with van der Waals surface area (Å²) in [5, 5.41) is 11.7.